The van der Waals surface area contributed by atoms with E-state index in [9.17, 15) is 4.79 Å². The lowest BCUT2D eigenvalue weighted by Crippen LogP contribution is -2.22. The van der Waals surface area contributed by atoms with Gasteiger partial charge in [-0.3, -0.25) is 4.57 Å². The van der Waals surface area contributed by atoms with E-state index in [4.69, 9.17) is 0 Å². The second-order valence-corrected chi connectivity index (χ2v) is 4.75. The molecule has 2 aromatic heterocycles. The number of aromatic nitrogens is 3. The van der Waals surface area contributed by atoms with Gasteiger partial charge in [-0.1, -0.05) is 18.2 Å². The minimum atomic E-state index is -0.256. The number of fused-ring (bicyclic) bond motifs is 1. The van der Waals surface area contributed by atoms with Gasteiger partial charge in [0.05, 0.1) is 12.1 Å². The fraction of sp³-hybridized carbons (Fsp3) is 0.188. The van der Waals surface area contributed by atoms with Crippen molar-refractivity contribution in [1.82, 2.24) is 14.5 Å². The summed E-state index contributed by atoms with van der Waals surface area (Å²) in [7, 11) is 0. The molecule has 2 heterocycles. The third kappa shape index (κ3) is 2.76. The Labute approximate surface area is 122 Å². The summed E-state index contributed by atoms with van der Waals surface area (Å²) in [5.41, 5.74) is 1.66. The minimum Gasteiger partial charge on any atom is -0.370 e. The normalized spacial score (nSPS) is 10.7. The van der Waals surface area contributed by atoms with E-state index in [0.717, 1.165) is 28.8 Å². The van der Waals surface area contributed by atoms with Crippen molar-refractivity contribution in [2.45, 2.75) is 13.5 Å². The third-order valence-corrected chi connectivity index (χ3v) is 3.27. The molecule has 0 aliphatic heterocycles. The zero-order chi connectivity index (χ0) is 14.7. The maximum atomic E-state index is 11.8. The van der Waals surface area contributed by atoms with Gasteiger partial charge < -0.3 is 5.32 Å². The molecular formula is C16H16N4O. The highest BCUT2D eigenvalue weighted by Gasteiger charge is 2.08. The summed E-state index contributed by atoms with van der Waals surface area (Å²) in [6.07, 6.45) is 3.24. The van der Waals surface area contributed by atoms with E-state index >= 15 is 0 Å². The molecule has 0 atom stereocenters. The summed E-state index contributed by atoms with van der Waals surface area (Å²) >= 11 is 0. The molecule has 0 spiro atoms. The average molecular weight is 280 g/mol. The Balaban J connectivity index is 2.09. The number of nitrogens with one attached hydrogen (secondary N) is 1. The molecule has 0 bridgehead atoms. The lowest BCUT2D eigenvalue weighted by Gasteiger charge is -2.12. The topological polar surface area (TPSA) is 59.8 Å². The van der Waals surface area contributed by atoms with Crippen molar-refractivity contribution >= 4 is 16.7 Å². The maximum Gasteiger partial charge on any atom is 0.347 e. The first kappa shape index (κ1) is 13.3. The number of benzene rings is 1. The molecule has 5 nitrogen and oxygen atoms in total. The number of anilines is 1. The zero-order valence-electron chi connectivity index (χ0n) is 11.8. The molecule has 106 valence electrons. The summed E-state index contributed by atoms with van der Waals surface area (Å²) in [5, 5.41) is 4.32. The molecule has 21 heavy (non-hydrogen) atoms. The van der Waals surface area contributed by atoms with Crippen LogP contribution < -0.4 is 11.0 Å². The Hall–Kier alpha value is -2.69. The van der Waals surface area contributed by atoms with Crippen LogP contribution in [0.1, 0.15) is 12.5 Å². The van der Waals surface area contributed by atoms with Crippen LogP contribution in [0.4, 0.5) is 5.82 Å². The van der Waals surface area contributed by atoms with Crippen molar-refractivity contribution in [3.05, 3.63) is 64.8 Å². The van der Waals surface area contributed by atoms with E-state index < -0.39 is 0 Å². The summed E-state index contributed by atoms with van der Waals surface area (Å²) in [4.78, 5) is 20.2. The van der Waals surface area contributed by atoms with Crippen molar-refractivity contribution in [1.29, 1.82) is 0 Å². The van der Waals surface area contributed by atoms with Crippen LogP contribution in [0.15, 0.2) is 53.6 Å². The lowest BCUT2D eigenvalue weighted by molar-refractivity contribution is 0.726. The van der Waals surface area contributed by atoms with Crippen molar-refractivity contribution in [2.24, 2.45) is 0 Å². The maximum absolute atomic E-state index is 11.8. The first-order chi connectivity index (χ1) is 10.3. The van der Waals surface area contributed by atoms with Gasteiger partial charge in [-0.25, -0.2) is 14.8 Å². The fourth-order valence-electron chi connectivity index (χ4n) is 2.29. The van der Waals surface area contributed by atoms with Gasteiger partial charge in [0.15, 0.2) is 0 Å². The molecule has 5 heteroatoms. The van der Waals surface area contributed by atoms with E-state index in [1.54, 1.807) is 16.8 Å². The van der Waals surface area contributed by atoms with Crippen LogP contribution in [0.5, 0.6) is 0 Å². The van der Waals surface area contributed by atoms with Crippen molar-refractivity contribution in [3.8, 4) is 0 Å². The highest BCUT2D eigenvalue weighted by atomic mass is 16.1. The zero-order valence-corrected chi connectivity index (χ0v) is 11.8. The molecule has 0 fully saturated rings. The average Bonchev–Trinajstić information content (AvgIpc) is 2.50. The number of para-hydroxylation sites is 1. The Bertz CT molecular complexity index is 826. The molecule has 1 N–H and O–H groups in total. The minimum absolute atomic E-state index is 0.256. The standard InChI is InChI=1S/C16H16N4O/c1-2-17-15-13(11-20-9-5-8-18-16(20)21)10-12-6-3-4-7-14(12)19-15/h3-10H,2,11H2,1H3,(H,17,19). The Morgan fingerprint density at radius 2 is 2.10 bits per heavy atom. The van der Waals surface area contributed by atoms with Gasteiger partial charge >= 0.3 is 5.69 Å². The number of rotatable bonds is 4. The van der Waals surface area contributed by atoms with Crippen LogP contribution in [0.2, 0.25) is 0 Å². The van der Waals surface area contributed by atoms with Crippen LogP contribution in [0.25, 0.3) is 10.9 Å². The number of nitrogens with zero attached hydrogens (tertiary/aromatic N) is 3. The Morgan fingerprint density at radius 3 is 2.90 bits per heavy atom. The van der Waals surface area contributed by atoms with Crippen molar-refractivity contribution in [3.63, 3.8) is 0 Å². The third-order valence-electron chi connectivity index (χ3n) is 3.27. The summed E-state index contributed by atoms with van der Waals surface area (Å²) in [6, 6.07) is 11.8. The van der Waals surface area contributed by atoms with Crippen molar-refractivity contribution in [2.75, 3.05) is 11.9 Å². The van der Waals surface area contributed by atoms with E-state index in [0.29, 0.717) is 6.54 Å². The Kier molecular flexibility index (Phi) is 3.64. The van der Waals surface area contributed by atoms with E-state index in [2.05, 4.69) is 21.4 Å². The molecule has 0 aliphatic rings. The van der Waals surface area contributed by atoms with Crippen LogP contribution >= 0.6 is 0 Å². The lowest BCUT2D eigenvalue weighted by atomic mass is 10.1. The largest absolute Gasteiger partial charge is 0.370 e. The molecule has 0 radical (unpaired) electrons. The quantitative estimate of drug-likeness (QED) is 0.796. The predicted molar refractivity (Wildman–Crippen MR) is 83.5 cm³/mol. The predicted octanol–water partition coefficient (Wildman–Crippen LogP) is 2.27. The van der Waals surface area contributed by atoms with Gasteiger partial charge in [0.2, 0.25) is 0 Å². The van der Waals surface area contributed by atoms with Gasteiger partial charge in [-0.15, -0.1) is 0 Å². The van der Waals surface area contributed by atoms with Crippen molar-refractivity contribution < 1.29 is 0 Å². The summed E-state index contributed by atoms with van der Waals surface area (Å²) in [6.45, 7) is 3.25. The summed E-state index contributed by atoms with van der Waals surface area (Å²) in [5.74, 6) is 0.812. The van der Waals surface area contributed by atoms with Crippen LogP contribution in [-0.2, 0) is 6.54 Å². The van der Waals surface area contributed by atoms with E-state index in [-0.39, 0.29) is 5.69 Å². The highest BCUT2D eigenvalue weighted by Crippen LogP contribution is 2.21. The molecule has 3 aromatic rings. The summed E-state index contributed by atoms with van der Waals surface area (Å²) < 4.78 is 1.58. The number of pyridine rings is 1. The van der Waals surface area contributed by atoms with Crippen LogP contribution in [0.3, 0.4) is 0 Å². The van der Waals surface area contributed by atoms with Gasteiger partial charge in [0, 0.05) is 29.9 Å². The molecule has 0 unspecified atom stereocenters. The van der Waals surface area contributed by atoms with E-state index in [1.165, 1.54) is 6.20 Å². The number of hydrogen-bond acceptors (Lipinski definition) is 4. The smallest absolute Gasteiger partial charge is 0.347 e. The van der Waals surface area contributed by atoms with Crippen LogP contribution in [0, 0.1) is 0 Å². The molecule has 0 aliphatic carbocycles. The van der Waals surface area contributed by atoms with E-state index in [1.807, 2.05) is 31.2 Å². The highest BCUT2D eigenvalue weighted by molar-refractivity contribution is 5.81. The molecule has 1 aromatic carbocycles. The fourth-order valence-corrected chi connectivity index (χ4v) is 2.29. The molecule has 3 rings (SSSR count). The Morgan fingerprint density at radius 1 is 1.24 bits per heavy atom. The van der Waals surface area contributed by atoms with Crippen LogP contribution in [-0.4, -0.2) is 21.1 Å². The first-order valence-electron chi connectivity index (χ1n) is 6.92. The van der Waals surface area contributed by atoms with Gasteiger partial charge in [0.25, 0.3) is 0 Å². The molecule has 0 saturated carbocycles. The molecule has 0 amide bonds. The van der Waals surface area contributed by atoms with Gasteiger partial charge in [-0.05, 0) is 25.1 Å². The van der Waals surface area contributed by atoms with Gasteiger partial charge in [0.1, 0.15) is 5.82 Å². The molecular weight excluding hydrogens is 264 g/mol. The molecule has 0 saturated heterocycles. The monoisotopic (exact) mass is 280 g/mol. The second kappa shape index (κ2) is 5.75. The first-order valence-corrected chi connectivity index (χ1v) is 6.92. The number of hydrogen-bond donors (Lipinski definition) is 1. The SMILES string of the molecule is CCNc1nc2ccccc2cc1Cn1cccnc1=O. The second-order valence-electron chi connectivity index (χ2n) is 4.75. The van der Waals surface area contributed by atoms with Gasteiger partial charge in [-0.2, -0.15) is 0 Å².